The molecule has 15 heavy (non-hydrogen) atoms. The van der Waals surface area contributed by atoms with Gasteiger partial charge in [0, 0.05) is 11.6 Å². The van der Waals surface area contributed by atoms with Gasteiger partial charge in [0.05, 0.1) is 0 Å². The average Bonchev–Trinajstić information content (AvgIpc) is 2.18. The fraction of sp³-hybridized carbons (Fsp3) is 0.417. The zero-order valence-corrected chi connectivity index (χ0v) is 9.47. The molecule has 0 saturated heterocycles. The molecule has 0 fully saturated rings. The Hall–Kier alpha value is -1.35. The lowest BCUT2D eigenvalue weighted by atomic mass is 10.1. The van der Waals surface area contributed by atoms with Crippen LogP contribution in [0.25, 0.3) is 0 Å². The van der Waals surface area contributed by atoms with Crippen LogP contribution in [0, 0.1) is 0 Å². The van der Waals surface area contributed by atoms with Gasteiger partial charge in [-0.3, -0.25) is 0 Å². The second kappa shape index (κ2) is 5.51. The van der Waals surface area contributed by atoms with Gasteiger partial charge < -0.3 is 10.6 Å². The first-order valence-electron chi connectivity index (χ1n) is 5.16. The van der Waals surface area contributed by atoms with Gasteiger partial charge in [0.25, 0.3) is 0 Å². The number of nitrogens with two attached hydrogens (primary N) is 1. The van der Waals surface area contributed by atoms with Crippen LogP contribution in [0.1, 0.15) is 26.3 Å². The molecule has 1 aromatic carbocycles. The number of hydrogen-bond donors (Lipinski definition) is 1. The van der Waals surface area contributed by atoms with Gasteiger partial charge >= 0.3 is 0 Å². The third-order valence-electron chi connectivity index (χ3n) is 1.86. The summed E-state index contributed by atoms with van der Waals surface area (Å²) in [6, 6.07) is 9.71. The van der Waals surface area contributed by atoms with E-state index >= 15 is 0 Å². The van der Waals surface area contributed by atoms with Crippen molar-refractivity contribution in [3.05, 3.63) is 35.9 Å². The molecule has 0 amide bonds. The molecule has 0 spiro atoms. The smallest absolute Gasteiger partial charge is 0.122 e. The van der Waals surface area contributed by atoms with E-state index in [0.717, 1.165) is 11.3 Å². The summed E-state index contributed by atoms with van der Waals surface area (Å²) >= 11 is 0. The summed E-state index contributed by atoms with van der Waals surface area (Å²) in [7, 11) is 0. The van der Waals surface area contributed by atoms with E-state index in [4.69, 9.17) is 10.6 Å². The maximum absolute atomic E-state index is 5.84. The summed E-state index contributed by atoms with van der Waals surface area (Å²) in [4.78, 5) is 5.23. The van der Waals surface area contributed by atoms with E-state index in [9.17, 15) is 0 Å². The van der Waals surface area contributed by atoms with Crippen molar-refractivity contribution in [1.82, 2.24) is 0 Å². The summed E-state index contributed by atoms with van der Waals surface area (Å²) in [5.41, 5.74) is 7.63. The molecule has 0 radical (unpaired) electrons. The molecule has 1 rings (SSSR count). The Morgan fingerprint density at radius 2 is 1.80 bits per heavy atom. The Labute approximate surface area is 90.9 Å². The van der Waals surface area contributed by atoms with E-state index < -0.39 is 0 Å². The molecule has 2 N–H and O–H groups in total. The standard InChI is InChI=1S/C12H18N2O/c1-9(2)15-14-12(10(3)13)11-7-5-4-6-8-11/h4-10H,13H2,1-3H3/b14-12-. The van der Waals surface area contributed by atoms with Crippen LogP contribution in [-0.2, 0) is 4.84 Å². The number of benzene rings is 1. The van der Waals surface area contributed by atoms with Gasteiger partial charge in [0.15, 0.2) is 0 Å². The first-order valence-corrected chi connectivity index (χ1v) is 5.16. The molecule has 0 heterocycles. The molecule has 0 bridgehead atoms. The molecular weight excluding hydrogens is 188 g/mol. The van der Waals surface area contributed by atoms with E-state index in [0.29, 0.717) is 0 Å². The normalized spacial score (nSPS) is 14.1. The minimum Gasteiger partial charge on any atom is -0.393 e. The highest BCUT2D eigenvalue weighted by Crippen LogP contribution is 2.05. The van der Waals surface area contributed by atoms with Crippen LogP contribution in [0.3, 0.4) is 0 Å². The second-order valence-corrected chi connectivity index (χ2v) is 3.79. The molecule has 82 valence electrons. The SMILES string of the molecule is CC(C)O/N=C(\c1ccccc1)C(C)N. The van der Waals surface area contributed by atoms with Gasteiger partial charge in [-0.1, -0.05) is 35.5 Å². The largest absolute Gasteiger partial charge is 0.393 e. The summed E-state index contributed by atoms with van der Waals surface area (Å²) in [5.74, 6) is 0. The third kappa shape index (κ3) is 3.72. The van der Waals surface area contributed by atoms with Gasteiger partial charge in [-0.05, 0) is 20.8 Å². The number of rotatable bonds is 4. The number of nitrogens with zero attached hydrogens (tertiary/aromatic N) is 1. The van der Waals surface area contributed by atoms with E-state index in [-0.39, 0.29) is 12.1 Å². The summed E-state index contributed by atoms with van der Waals surface area (Å²) < 4.78 is 0. The Kier molecular flexibility index (Phi) is 4.31. The molecule has 3 heteroatoms. The van der Waals surface area contributed by atoms with Crippen LogP contribution in [0.5, 0.6) is 0 Å². The number of hydrogen-bond acceptors (Lipinski definition) is 3. The number of oxime groups is 1. The van der Waals surface area contributed by atoms with E-state index in [2.05, 4.69) is 5.16 Å². The first-order chi connectivity index (χ1) is 7.11. The summed E-state index contributed by atoms with van der Waals surface area (Å²) in [6.07, 6.45) is 0.0717. The maximum Gasteiger partial charge on any atom is 0.122 e. The highest BCUT2D eigenvalue weighted by atomic mass is 16.6. The molecule has 0 aromatic heterocycles. The van der Waals surface area contributed by atoms with Gasteiger partial charge in [0.1, 0.15) is 11.8 Å². The first kappa shape index (κ1) is 11.7. The van der Waals surface area contributed by atoms with Gasteiger partial charge in [-0.25, -0.2) is 0 Å². The highest BCUT2D eigenvalue weighted by Gasteiger charge is 2.09. The van der Waals surface area contributed by atoms with Crippen molar-refractivity contribution in [2.24, 2.45) is 10.9 Å². The molecule has 1 unspecified atom stereocenters. The van der Waals surface area contributed by atoms with Gasteiger partial charge in [-0.2, -0.15) is 0 Å². The van der Waals surface area contributed by atoms with Crippen molar-refractivity contribution in [2.45, 2.75) is 32.9 Å². The van der Waals surface area contributed by atoms with E-state index in [1.807, 2.05) is 51.1 Å². The van der Waals surface area contributed by atoms with Crippen molar-refractivity contribution < 1.29 is 4.84 Å². The Morgan fingerprint density at radius 3 is 2.27 bits per heavy atom. The van der Waals surface area contributed by atoms with Crippen LogP contribution in [0.4, 0.5) is 0 Å². The van der Waals surface area contributed by atoms with Gasteiger partial charge in [0.2, 0.25) is 0 Å². The lowest BCUT2D eigenvalue weighted by Crippen LogP contribution is -2.28. The molecular formula is C12H18N2O. The van der Waals surface area contributed by atoms with Crippen LogP contribution < -0.4 is 5.73 Å². The summed E-state index contributed by atoms with van der Waals surface area (Å²) in [5, 5.41) is 4.08. The monoisotopic (exact) mass is 206 g/mol. The predicted molar refractivity (Wildman–Crippen MR) is 62.8 cm³/mol. The lowest BCUT2D eigenvalue weighted by molar-refractivity contribution is 0.0854. The summed E-state index contributed by atoms with van der Waals surface area (Å²) in [6.45, 7) is 5.77. The quantitative estimate of drug-likeness (QED) is 0.606. The zero-order chi connectivity index (χ0) is 11.3. The fourth-order valence-electron chi connectivity index (χ4n) is 1.17. The minimum absolute atomic E-state index is 0.0717. The zero-order valence-electron chi connectivity index (χ0n) is 9.47. The Morgan fingerprint density at radius 1 is 1.20 bits per heavy atom. The topological polar surface area (TPSA) is 47.6 Å². The average molecular weight is 206 g/mol. The van der Waals surface area contributed by atoms with Crippen LogP contribution >= 0.6 is 0 Å². The van der Waals surface area contributed by atoms with Crippen molar-refractivity contribution in [2.75, 3.05) is 0 Å². The van der Waals surface area contributed by atoms with Gasteiger partial charge in [-0.15, -0.1) is 0 Å². The minimum atomic E-state index is -0.133. The fourth-order valence-corrected chi connectivity index (χ4v) is 1.17. The van der Waals surface area contributed by atoms with E-state index in [1.54, 1.807) is 0 Å². The van der Waals surface area contributed by atoms with E-state index in [1.165, 1.54) is 0 Å². The molecule has 3 nitrogen and oxygen atoms in total. The molecule has 0 aliphatic rings. The van der Waals surface area contributed by atoms with Crippen molar-refractivity contribution in [1.29, 1.82) is 0 Å². The molecule has 0 aliphatic heterocycles. The van der Waals surface area contributed by atoms with Crippen molar-refractivity contribution >= 4 is 5.71 Å². The molecule has 1 aromatic rings. The third-order valence-corrected chi connectivity index (χ3v) is 1.86. The van der Waals surface area contributed by atoms with Crippen molar-refractivity contribution in [3.63, 3.8) is 0 Å². The second-order valence-electron chi connectivity index (χ2n) is 3.79. The predicted octanol–water partition coefficient (Wildman–Crippen LogP) is 2.16. The molecule has 1 atom stereocenters. The van der Waals surface area contributed by atoms with Crippen molar-refractivity contribution in [3.8, 4) is 0 Å². The Balaban J connectivity index is 2.89. The van der Waals surface area contributed by atoms with Crippen LogP contribution in [0.2, 0.25) is 0 Å². The molecule has 0 aliphatic carbocycles. The Bertz CT molecular complexity index is 318. The lowest BCUT2D eigenvalue weighted by Gasteiger charge is -2.11. The highest BCUT2D eigenvalue weighted by molar-refractivity contribution is 6.03. The maximum atomic E-state index is 5.84. The molecule has 0 saturated carbocycles. The van der Waals surface area contributed by atoms with Crippen LogP contribution in [0.15, 0.2) is 35.5 Å². The van der Waals surface area contributed by atoms with Crippen LogP contribution in [-0.4, -0.2) is 17.9 Å².